The lowest BCUT2D eigenvalue weighted by Crippen LogP contribution is -2.47. The molecular weight excluding hydrogens is 292 g/mol. The molecule has 21 heavy (non-hydrogen) atoms. The highest BCUT2D eigenvalue weighted by atomic mass is 32.2. The average molecular weight is 314 g/mol. The van der Waals surface area contributed by atoms with Crippen LogP contribution >= 0.6 is 0 Å². The van der Waals surface area contributed by atoms with E-state index in [0.29, 0.717) is 0 Å². The molecule has 2 N–H and O–H groups in total. The number of nitrogens with one attached hydrogen (secondary N) is 1. The van der Waals surface area contributed by atoms with Crippen LogP contribution in [0.15, 0.2) is 30.3 Å². The van der Waals surface area contributed by atoms with Crippen LogP contribution in [0.4, 0.5) is 0 Å². The average Bonchev–Trinajstić information content (AvgIpc) is 2.38. The first-order valence-electron chi connectivity index (χ1n) is 6.72. The van der Waals surface area contributed by atoms with Crippen LogP contribution in [0.2, 0.25) is 0 Å². The summed E-state index contributed by atoms with van der Waals surface area (Å²) in [6, 6.07) is 8.00. The summed E-state index contributed by atoms with van der Waals surface area (Å²) in [5, 5.41) is 9.11. The van der Waals surface area contributed by atoms with E-state index >= 15 is 0 Å². The maximum absolute atomic E-state index is 12.2. The molecule has 0 fully saturated rings. The van der Waals surface area contributed by atoms with Crippen LogP contribution in [0.1, 0.15) is 25.8 Å². The summed E-state index contributed by atoms with van der Waals surface area (Å²) in [5.74, 6) is -1.09. The molecule has 0 aromatic heterocycles. The van der Waals surface area contributed by atoms with Crippen molar-refractivity contribution in [3.8, 4) is 0 Å². The first-order valence-corrected chi connectivity index (χ1v) is 8.16. The monoisotopic (exact) mass is 314 g/mol. The molecule has 0 aliphatic carbocycles. The minimum Gasteiger partial charge on any atom is -0.480 e. The van der Waals surface area contributed by atoms with Gasteiger partial charge in [-0.25, -0.2) is 0 Å². The number of benzene rings is 1. The molecule has 1 atom stereocenters. The molecule has 0 aliphatic rings. The van der Waals surface area contributed by atoms with E-state index in [1.807, 2.05) is 44.2 Å². The van der Waals surface area contributed by atoms with Crippen molar-refractivity contribution in [1.82, 2.24) is 9.03 Å². The Morgan fingerprint density at radius 2 is 1.86 bits per heavy atom. The van der Waals surface area contributed by atoms with Gasteiger partial charge in [0.15, 0.2) is 0 Å². The molecule has 0 bridgehead atoms. The fourth-order valence-electron chi connectivity index (χ4n) is 1.87. The summed E-state index contributed by atoms with van der Waals surface area (Å²) in [4.78, 5) is 11.1. The van der Waals surface area contributed by atoms with Gasteiger partial charge in [0.2, 0.25) is 0 Å². The predicted molar refractivity (Wildman–Crippen MR) is 80.8 cm³/mol. The largest absolute Gasteiger partial charge is 0.480 e. The number of hydrogen-bond acceptors (Lipinski definition) is 3. The Balaban J connectivity index is 2.76. The second kappa shape index (κ2) is 7.53. The Morgan fingerprint density at radius 1 is 1.29 bits per heavy atom. The van der Waals surface area contributed by atoms with E-state index in [9.17, 15) is 13.2 Å². The number of aliphatic carboxylic acids is 1. The number of carboxylic acids is 1. The normalized spacial score (nSPS) is 13.6. The minimum atomic E-state index is -3.85. The van der Waals surface area contributed by atoms with Crippen molar-refractivity contribution >= 4 is 16.2 Å². The maximum Gasteiger partial charge on any atom is 0.321 e. The molecule has 0 amide bonds. The Hall–Kier alpha value is -1.44. The molecule has 1 aromatic rings. The molecule has 0 saturated heterocycles. The molecule has 0 heterocycles. The van der Waals surface area contributed by atoms with E-state index in [1.54, 1.807) is 0 Å². The first-order chi connectivity index (χ1) is 9.72. The second-order valence-electron chi connectivity index (χ2n) is 5.38. The molecule has 118 valence electrons. The van der Waals surface area contributed by atoms with Gasteiger partial charge in [0, 0.05) is 13.6 Å². The van der Waals surface area contributed by atoms with Crippen molar-refractivity contribution in [2.75, 3.05) is 7.05 Å². The summed E-state index contributed by atoms with van der Waals surface area (Å²) < 4.78 is 27.7. The third-order valence-corrected chi connectivity index (χ3v) is 4.49. The zero-order valence-electron chi connectivity index (χ0n) is 12.5. The van der Waals surface area contributed by atoms with Crippen LogP contribution in [0.25, 0.3) is 0 Å². The van der Waals surface area contributed by atoms with Crippen LogP contribution in [0, 0.1) is 5.92 Å². The number of carbonyl (C=O) groups is 1. The topological polar surface area (TPSA) is 86.7 Å². The Morgan fingerprint density at radius 3 is 2.33 bits per heavy atom. The van der Waals surface area contributed by atoms with E-state index in [-0.39, 0.29) is 18.9 Å². The highest BCUT2D eigenvalue weighted by Crippen LogP contribution is 2.10. The molecule has 0 radical (unpaired) electrons. The molecular formula is C14H22N2O4S. The third kappa shape index (κ3) is 5.82. The van der Waals surface area contributed by atoms with Crippen molar-refractivity contribution in [3.05, 3.63) is 35.9 Å². The van der Waals surface area contributed by atoms with Crippen molar-refractivity contribution < 1.29 is 18.3 Å². The van der Waals surface area contributed by atoms with Crippen molar-refractivity contribution in [2.24, 2.45) is 5.92 Å². The van der Waals surface area contributed by atoms with Crippen LogP contribution in [0.3, 0.4) is 0 Å². The predicted octanol–water partition coefficient (Wildman–Crippen LogP) is 1.45. The molecule has 0 spiro atoms. The van der Waals surface area contributed by atoms with E-state index < -0.39 is 22.2 Å². The third-order valence-electron chi connectivity index (χ3n) is 2.95. The minimum absolute atomic E-state index is 0.0771. The van der Waals surface area contributed by atoms with Gasteiger partial charge >= 0.3 is 5.97 Å². The molecule has 1 aromatic carbocycles. The van der Waals surface area contributed by atoms with Gasteiger partial charge in [0.25, 0.3) is 10.2 Å². The lowest BCUT2D eigenvalue weighted by Gasteiger charge is -2.22. The van der Waals surface area contributed by atoms with Crippen LogP contribution < -0.4 is 4.72 Å². The number of carboxylic acid groups (broad SMARTS) is 1. The van der Waals surface area contributed by atoms with E-state index in [0.717, 1.165) is 9.87 Å². The summed E-state index contributed by atoms with van der Waals surface area (Å²) in [6.07, 6.45) is 0.244. The van der Waals surface area contributed by atoms with Gasteiger partial charge in [-0.2, -0.15) is 17.4 Å². The Bertz CT molecular complexity index is 558. The van der Waals surface area contributed by atoms with Gasteiger partial charge in [-0.1, -0.05) is 44.2 Å². The SMILES string of the molecule is CC(C)C[C@@H](NS(=O)(=O)N(C)Cc1ccccc1)C(=O)O. The summed E-state index contributed by atoms with van der Waals surface area (Å²) in [5.41, 5.74) is 0.834. The van der Waals surface area contributed by atoms with Crippen LogP contribution in [-0.2, 0) is 21.5 Å². The van der Waals surface area contributed by atoms with Gasteiger partial charge in [-0.15, -0.1) is 0 Å². The Labute approximate surface area is 126 Å². The lowest BCUT2D eigenvalue weighted by atomic mass is 10.1. The molecule has 0 aliphatic heterocycles. The van der Waals surface area contributed by atoms with Crippen molar-refractivity contribution in [1.29, 1.82) is 0 Å². The quantitative estimate of drug-likeness (QED) is 0.760. The van der Waals surface area contributed by atoms with Gasteiger partial charge in [0.05, 0.1) is 0 Å². The zero-order valence-corrected chi connectivity index (χ0v) is 13.3. The van der Waals surface area contributed by atoms with Crippen LogP contribution in [-0.4, -0.2) is 36.9 Å². The van der Waals surface area contributed by atoms with E-state index in [2.05, 4.69) is 4.72 Å². The fourth-order valence-corrected chi connectivity index (χ4v) is 2.92. The van der Waals surface area contributed by atoms with Crippen molar-refractivity contribution in [2.45, 2.75) is 32.9 Å². The zero-order chi connectivity index (χ0) is 16.0. The molecule has 0 saturated carbocycles. The first kappa shape index (κ1) is 17.6. The number of hydrogen-bond donors (Lipinski definition) is 2. The molecule has 7 heteroatoms. The van der Waals surface area contributed by atoms with Crippen molar-refractivity contribution in [3.63, 3.8) is 0 Å². The summed E-state index contributed by atoms with van der Waals surface area (Å²) in [6.45, 7) is 3.88. The fraction of sp³-hybridized carbons (Fsp3) is 0.500. The van der Waals surface area contributed by atoms with Gasteiger partial charge in [0.1, 0.15) is 6.04 Å². The maximum atomic E-state index is 12.2. The molecule has 1 rings (SSSR count). The summed E-state index contributed by atoms with van der Waals surface area (Å²) in [7, 11) is -2.43. The second-order valence-corrected chi connectivity index (χ2v) is 7.19. The Kier molecular flexibility index (Phi) is 6.32. The highest BCUT2D eigenvalue weighted by molar-refractivity contribution is 7.87. The summed E-state index contributed by atoms with van der Waals surface area (Å²) >= 11 is 0. The van der Waals surface area contributed by atoms with Gasteiger partial charge < -0.3 is 5.11 Å². The van der Waals surface area contributed by atoms with Gasteiger partial charge in [-0.05, 0) is 17.9 Å². The number of nitrogens with zero attached hydrogens (tertiary/aromatic N) is 1. The van der Waals surface area contributed by atoms with Crippen LogP contribution in [0.5, 0.6) is 0 Å². The number of rotatable bonds is 8. The molecule has 0 unspecified atom stereocenters. The van der Waals surface area contributed by atoms with E-state index in [1.165, 1.54) is 7.05 Å². The van der Waals surface area contributed by atoms with E-state index in [4.69, 9.17) is 5.11 Å². The smallest absolute Gasteiger partial charge is 0.321 e. The molecule has 6 nitrogen and oxygen atoms in total. The lowest BCUT2D eigenvalue weighted by molar-refractivity contribution is -0.139. The van der Waals surface area contributed by atoms with Gasteiger partial charge in [-0.3, -0.25) is 4.79 Å². The standard InChI is InChI=1S/C14H22N2O4S/c1-11(2)9-13(14(17)18)15-21(19,20)16(3)10-12-7-5-4-6-8-12/h4-8,11,13,15H,9-10H2,1-3H3,(H,17,18)/t13-/m1/s1. The highest BCUT2D eigenvalue weighted by Gasteiger charge is 2.27.